The van der Waals surface area contributed by atoms with Crippen molar-refractivity contribution in [3.8, 4) is 325 Å². The highest BCUT2D eigenvalue weighted by Gasteiger charge is 2.18. The minimum Gasteiger partial charge on any atom is -0.399 e. The quantitative estimate of drug-likeness (QED) is 0.0453. The third-order valence-corrected chi connectivity index (χ3v) is 13.9. The molecule has 1 aliphatic carbocycles. The van der Waals surface area contributed by atoms with Crippen molar-refractivity contribution in [3.05, 3.63) is 165 Å². The van der Waals surface area contributed by atoms with Gasteiger partial charge in [-0.1, -0.05) is 25.2 Å². The molecule has 0 bridgehead atoms. The van der Waals surface area contributed by atoms with Gasteiger partial charge >= 0.3 is 0 Å². The molecule has 5 N–H and O–H groups in total. The largest absolute Gasteiger partial charge is 0.399 e. The SMILES string of the molecule is C#CC#CC#CC#CC#CC#CC#CC#CC#CC#CC#CC#CC#CC#CC#CC#CC#CC#CC#CC#CC#CC#CC#CC#CC#CC#CC.Cc1cc(-n2cncn2)ccc1N.Cc1cc(-n2cncn2)ccc1Nc1nc(NC2CCCCC2)c2[nH]cnc2n1.Cc1cc(-n2cncn2)ccc1[N+](=O)[O-].Cc1cc(F)ccc1[N+](=O)[O-]. The number of nitrogens with two attached hydrogens (primary N) is 1. The lowest BCUT2D eigenvalue weighted by molar-refractivity contribution is -0.385. The number of nitrogen functional groups attached to an aromatic ring is 1. The van der Waals surface area contributed by atoms with Gasteiger partial charge in [0.05, 0.1) is 33.2 Å². The number of benzene rings is 4. The van der Waals surface area contributed by atoms with Gasteiger partial charge < -0.3 is 21.4 Å². The van der Waals surface area contributed by atoms with E-state index in [4.69, 9.17) is 17.1 Å². The topological polar surface area (TPSA) is 283 Å². The van der Waals surface area contributed by atoms with Crippen LogP contribution in [-0.2, 0) is 0 Å². The number of nitro benzene ring substituents is 2. The number of imidazole rings is 1. The number of aromatic nitrogens is 13. The summed E-state index contributed by atoms with van der Waals surface area (Å²) < 4.78 is 17.4. The molecule has 22 nitrogen and oxygen atoms in total. The van der Waals surface area contributed by atoms with Crippen LogP contribution < -0.4 is 16.4 Å². The third kappa shape index (κ3) is 36.7. The number of halogens is 1. The van der Waals surface area contributed by atoms with E-state index >= 15 is 0 Å². The molecule has 5 aromatic heterocycles. The van der Waals surface area contributed by atoms with Crippen LogP contribution in [0.3, 0.4) is 0 Å². The van der Waals surface area contributed by atoms with Gasteiger partial charge in [-0.2, -0.15) is 25.3 Å². The molecular weight excluding hydrogens is 1510 g/mol. The zero-order valence-electron chi connectivity index (χ0n) is 64.5. The first-order chi connectivity index (χ1) is 59.2. The minimum absolute atomic E-state index is 0.0496. The summed E-state index contributed by atoms with van der Waals surface area (Å²) in [6, 6.07) is 20.4. The van der Waals surface area contributed by atoms with Gasteiger partial charge in [0.25, 0.3) is 11.4 Å². The molecule has 1 fully saturated rings. The Balaban J connectivity index is 0.000000271. The number of terminal acetylenes is 1. The number of aryl methyl sites for hydroxylation is 4. The third-order valence-electron chi connectivity index (χ3n) is 13.9. The van der Waals surface area contributed by atoms with E-state index in [1.54, 1.807) is 65.3 Å². The summed E-state index contributed by atoms with van der Waals surface area (Å²) in [5.74, 6) is 128. The van der Waals surface area contributed by atoms with E-state index in [1.807, 2.05) is 50.2 Å². The van der Waals surface area contributed by atoms with Gasteiger partial charge in [-0.3, -0.25) is 20.2 Å². The summed E-state index contributed by atoms with van der Waals surface area (Å²) in [6.07, 6.45) is 22.1. The van der Waals surface area contributed by atoms with Gasteiger partial charge in [0.15, 0.2) is 11.5 Å². The fraction of sp³-hybridized carbons (Fsp3) is 0.112. The molecule has 564 valence electrons. The summed E-state index contributed by atoms with van der Waals surface area (Å²) in [4.78, 5) is 48.4. The van der Waals surface area contributed by atoms with E-state index in [9.17, 15) is 24.6 Å². The van der Waals surface area contributed by atoms with E-state index in [1.165, 1.54) is 64.1 Å². The van der Waals surface area contributed by atoms with Gasteiger partial charge in [0.1, 0.15) is 49.3 Å². The van der Waals surface area contributed by atoms with Crippen molar-refractivity contribution in [2.24, 2.45) is 0 Å². The first-order valence-corrected chi connectivity index (χ1v) is 34.5. The van der Waals surface area contributed by atoms with Crippen LogP contribution in [-0.4, -0.2) is 80.1 Å². The van der Waals surface area contributed by atoms with E-state index in [0.29, 0.717) is 28.8 Å². The number of nitro groups is 2. The molecule has 0 amide bonds. The van der Waals surface area contributed by atoms with Crippen LogP contribution in [0.4, 0.5) is 38.9 Å². The summed E-state index contributed by atoms with van der Waals surface area (Å²) in [7, 11) is 0. The number of hydrogen-bond donors (Lipinski definition) is 4. The molecule has 0 unspecified atom stereocenters. The Labute approximate surface area is 700 Å². The Morgan fingerprint density at radius 3 is 1.11 bits per heavy atom. The summed E-state index contributed by atoms with van der Waals surface area (Å²) in [6.45, 7) is 8.89. The molecule has 0 aliphatic heterocycles. The minimum atomic E-state index is -0.533. The molecule has 4 aromatic carbocycles. The average molecular weight is 1560 g/mol. The highest BCUT2D eigenvalue weighted by atomic mass is 19.1. The van der Waals surface area contributed by atoms with Crippen LogP contribution in [0, 0.1) is 362 Å². The summed E-state index contributed by atoms with van der Waals surface area (Å²) in [5, 5.41) is 39.9. The number of nitrogens with zero attached hydrogens (tertiary/aromatic N) is 14. The predicted molar refractivity (Wildman–Crippen MR) is 462 cm³/mol. The van der Waals surface area contributed by atoms with Crippen molar-refractivity contribution >= 4 is 45.7 Å². The smallest absolute Gasteiger partial charge is 0.272 e. The Hall–Kier alpha value is -20.5. The van der Waals surface area contributed by atoms with E-state index in [-0.39, 0.29) is 11.4 Å². The molecule has 9 aromatic rings. The Morgan fingerprint density at radius 1 is 0.438 bits per heavy atom. The second kappa shape index (κ2) is 55.0. The number of anilines is 4. The molecule has 1 aliphatic rings. The van der Waals surface area contributed by atoms with E-state index in [0.717, 1.165) is 69.1 Å². The van der Waals surface area contributed by atoms with Gasteiger partial charge in [-0.05, 0) is 214 Å². The normalized spacial score (nSPS) is 8.54. The zero-order valence-corrected chi connectivity index (χ0v) is 64.5. The molecule has 5 heterocycles. The number of hydrogen-bond acceptors (Lipinski definition) is 16. The van der Waals surface area contributed by atoms with Crippen LogP contribution in [0.2, 0.25) is 0 Å². The van der Waals surface area contributed by atoms with Crippen LogP contribution in [0.5, 0.6) is 0 Å². The molecule has 1 saturated carbocycles. The molecule has 0 atom stereocenters. The second-order valence-electron chi connectivity index (χ2n) is 22.1. The number of aromatic amines is 1. The molecular formula is C98H51FN18O4. The van der Waals surface area contributed by atoms with E-state index < -0.39 is 15.7 Å². The fourth-order valence-corrected chi connectivity index (χ4v) is 8.69. The van der Waals surface area contributed by atoms with Crippen LogP contribution in [0.1, 0.15) is 61.3 Å². The number of H-pyrrole nitrogens is 1. The predicted octanol–water partition coefficient (Wildman–Crippen LogP) is 9.14. The molecule has 0 saturated heterocycles. The molecule has 23 heteroatoms. The number of fused-ring (bicyclic) bond motifs is 1. The first kappa shape index (κ1) is 89.4. The molecule has 0 spiro atoms. The maximum absolute atomic E-state index is 12.4. The summed E-state index contributed by atoms with van der Waals surface area (Å²) in [5.41, 5.74) is 14.7. The highest BCUT2D eigenvalue weighted by Crippen LogP contribution is 2.28. The van der Waals surface area contributed by atoms with Gasteiger partial charge in [0, 0.05) is 242 Å². The lowest BCUT2D eigenvalue weighted by atomic mass is 9.95. The Kier molecular flexibility index (Phi) is 40.7. The van der Waals surface area contributed by atoms with Crippen molar-refractivity contribution in [1.29, 1.82) is 0 Å². The monoisotopic (exact) mass is 1560 g/mol. The zero-order chi connectivity index (χ0) is 86.2. The summed E-state index contributed by atoms with van der Waals surface area (Å²) >= 11 is 0. The highest BCUT2D eigenvalue weighted by molar-refractivity contribution is 5.84. The number of nitrogens with one attached hydrogen (secondary N) is 3. The maximum atomic E-state index is 12.4. The van der Waals surface area contributed by atoms with Crippen molar-refractivity contribution in [1.82, 2.24) is 64.2 Å². The van der Waals surface area contributed by atoms with Crippen LogP contribution in [0.25, 0.3) is 28.2 Å². The lowest BCUT2D eigenvalue weighted by Crippen LogP contribution is -2.23. The Bertz CT molecular complexity index is 7260. The van der Waals surface area contributed by atoms with Crippen LogP contribution in [0.15, 0.2) is 117 Å². The van der Waals surface area contributed by atoms with Crippen molar-refractivity contribution in [2.75, 3.05) is 16.4 Å². The van der Waals surface area contributed by atoms with Gasteiger partial charge in [0.2, 0.25) is 5.95 Å². The van der Waals surface area contributed by atoms with Gasteiger partial charge in [-0.25, -0.2) is 38.4 Å². The van der Waals surface area contributed by atoms with Gasteiger partial charge in [-0.15, -0.1) is 6.42 Å². The van der Waals surface area contributed by atoms with Crippen LogP contribution >= 0.6 is 0 Å². The second-order valence-corrected chi connectivity index (χ2v) is 22.1. The first-order valence-electron chi connectivity index (χ1n) is 34.5. The lowest BCUT2D eigenvalue weighted by Gasteiger charge is -2.23. The fourth-order valence-electron chi connectivity index (χ4n) is 8.69. The maximum Gasteiger partial charge on any atom is 0.272 e. The van der Waals surface area contributed by atoms with Crippen molar-refractivity contribution in [2.45, 2.75) is 72.8 Å². The molecule has 121 heavy (non-hydrogen) atoms. The standard InChI is InChI=1S/C53H4.C20H23N9.C9H8N4O2.C9H10N4.C7H6FNO2/c1-3-5-7-9-11-13-15-17-19-21-23-25-27-29-31-33-35-37-39-41-43-45-47-49-51-53-52-50-48-46-44-42-40-38-36-34-32-30-28-26-24-22-20-18-16-14-12-10-8-6-4-2;1-13-9-15(29-12-21-10-24-29)7-8-16(13)26-20-27-18-17(22-11-23-18)19(28-20)25-14-5-3-2-4-6-14;1-7-4-8(12-6-10-5-11-12)2-3-9(7)13(14)15;1-7-4-8(2-3-9(7)10)13-6-11-5-12-13;1-5-4-6(8)2-3-7(5)9(10)11/h1H,2H3;7-12,14H,2-6H2,1H3,(H3,22,23,25,26,27,28);2-6H,1H3;2-6H,10H2,1H3;2-4H,1H3. The van der Waals surface area contributed by atoms with E-state index in [2.05, 4.69) is 358 Å². The average Bonchev–Trinajstić information content (AvgIpc) is 1.43. The molecule has 10 rings (SSSR count). The Morgan fingerprint density at radius 2 is 0.777 bits per heavy atom. The van der Waals surface area contributed by atoms with Crippen molar-refractivity contribution < 1.29 is 14.2 Å². The number of rotatable bonds is 9. The molecule has 0 radical (unpaired) electrons. The van der Waals surface area contributed by atoms with Crippen molar-refractivity contribution in [3.63, 3.8) is 0 Å².